The number of hydrogen-bond donors (Lipinski definition) is 1. The Balaban J connectivity index is 1.37. The Labute approximate surface area is 230 Å². The van der Waals surface area contributed by atoms with Crippen LogP contribution in [0.1, 0.15) is 58.7 Å². The molecule has 2 atom stereocenters. The topological polar surface area (TPSA) is 146 Å². The second kappa shape index (κ2) is 11.9. The highest BCUT2D eigenvalue weighted by molar-refractivity contribution is 7.89. The summed E-state index contributed by atoms with van der Waals surface area (Å²) in [4.78, 5) is 19.5. The third-order valence-corrected chi connectivity index (χ3v) is 11.3. The van der Waals surface area contributed by atoms with Gasteiger partial charge in [0.05, 0.1) is 15.7 Å². The summed E-state index contributed by atoms with van der Waals surface area (Å²) in [6.07, 6.45) is 1.88. The number of sulfonamides is 2. The van der Waals surface area contributed by atoms with Gasteiger partial charge in [-0.2, -0.15) is 13.6 Å². The molecule has 0 saturated carbocycles. The molecule has 0 radical (unpaired) electrons. The summed E-state index contributed by atoms with van der Waals surface area (Å²) < 4.78 is 60.2. The van der Waals surface area contributed by atoms with Crippen molar-refractivity contribution >= 4 is 32.0 Å². The van der Waals surface area contributed by atoms with Crippen molar-refractivity contribution in [2.24, 2.45) is 5.92 Å². The molecule has 2 aliphatic rings. The summed E-state index contributed by atoms with van der Waals surface area (Å²) in [7, 11) is -7.58. The van der Waals surface area contributed by atoms with Crippen LogP contribution in [0.4, 0.5) is 6.01 Å². The molecule has 1 aromatic carbocycles. The van der Waals surface area contributed by atoms with Crippen LogP contribution in [0, 0.1) is 5.92 Å². The van der Waals surface area contributed by atoms with Crippen molar-refractivity contribution in [2.75, 3.05) is 44.2 Å². The first kappa shape index (κ1) is 29.4. The molecule has 2 aromatic rings. The molecule has 4 rings (SSSR count). The predicted octanol–water partition coefficient (Wildman–Crippen LogP) is 2.02. The van der Waals surface area contributed by atoms with Crippen molar-refractivity contribution in [3.05, 3.63) is 30.1 Å². The molecule has 2 unspecified atom stereocenters. The summed E-state index contributed by atoms with van der Waals surface area (Å²) in [5.41, 5.74) is 0. The van der Waals surface area contributed by atoms with Crippen molar-refractivity contribution in [1.82, 2.24) is 24.1 Å². The Morgan fingerprint density at radius 2 is 1.72 bits per heavy atom. The highest BCUT2D eigenvalue weighted by Gasteiger charge is 2.35. The number of carbonyl (C=O) groups is 1. The van der Waals surface area contributed by atoms with E-state index in [-0.39, 0.29) is 34.2 Å². The molecule has 0 aliphatic carbocycles. The first-order valence-corrected chi connectivity index (χ1v) is 16.3. The minimum Gasteiger partial charge on any atom is -0.351 e. The number of amides is 1. The van der Waals surface area contributed by atoms with E-state index in [1.54, 1.807) is 13.8 Å². The second-order valence-electron chi connectivity index (χ2n) is 10.3. The fourth-order valence-electron chi connectivity index (χ4n) is 4.98. The van der Waals surface area contributed by atoms with Crippen LogP contribution in [-0.4, -0.2) is 86.8 Å². The fourth-order valence-corrected chi connectivity index (χ4v) is 7.96. The Bertz CT molecular complexity index is 1360. The summed E-state index contributed by atoms with van der Waals surface area (Å²) in [6, 6.07) is 5.65. The average molecular weight is 583 g/mol. The van der Waals surface area contributed by atoms with Gasteiger partial charge >= 0.3 is 6.01 Å². The van der Waals surface area contributed by atoms with E-state index in [1.807, 2.05) is 18.7 Å². The van der Waals surface area contributed by atoms with Crippen molar-refractivity contribution in [3.8, 4) is 0 Å². The van der Waals surface area contributed by atoms with E-state index in [2.05, 4.69) is 15.5 Å². The van der Waals surface area contributed by atoms with Gasteiger partial charge in [-0.1, -0.05) is 32.9 Å². The molecule has 2 aliphatic heterocycles. The van der Waals surface area contributed by atoms with E-state index >= 15 is 0 Å². The van der Waals surface area contributed by atoms with Gasteiger partial charge in [0.2, 0.25) is 26.0 Å². The van der Waals surface area contributed by atoms with Gasteiger partial charge < -0.3 is 14.7 Å². The molecule has 2 fully saturated rings. The zero-order valence-electron chi connectivity index (χ0n) is 22.9. The second-order valence-corrected chi connectivity index (χ2v) is 14.2. The van der Waals surface area contributed by atoms with Gasteiger partial charge in [-0.3, -0.25) is 4.79 Å². The zero-order chi connectivity index (χ0) is 28.4. The van der Waals surface area contributed by atoms with Crippen LogP contribution >= 0.6 is 0 Å². The Morgan fingerprint density at radius 1 is 1.05 bits per heavy atom. The number of benzene rings is 1. The molecule has 39 heavy (non-hydrogen) atoms. The van der Waals surface area contributed by atoms with Gasteiger partial charge in [-0.25, -0.2) is 16.8 Å². The van der Waals surface area contributed by atoms with Gasteiger partial charge in [-0.15, -0.1) is 0 Å². The lowest BCUT2D eigenvalue weighted by Gasteiger charge is -2.32. The van der Waals surface area contributed by atoms with E-state index in [0.717, 1.165) is 6.42 Å². The molecule has 216 valence electrons. The maximum atomic E-state index is 13.4. The highest BCUT2D eigenvalue weighted by atomic mass is 32.2. The molecule has 1 N–H and O–H groups in total. The van der Waals surface area contributed by atoms with E-state index in [1.165, 1.54) is 32.9 Å². The summed E-state index contributed by atoms with van der Waals surface area (Å²) in [5, 5.41) is 7.07. The maximum Gasteiger partial charge on any atom is 0.324 e. The van der Waals surface area contributed by atoms with Crippen molar-refractivity contribution in [3.63, 3.8) is 0 Å². The normalized spacial score (nSPS) is 21.1. The van der Waals surface area contributed by atoms with Crippen LogP contribution < -0.4 is 10.2 Å². The molecule has 0 spiro atoms. The summed E-state index contributed by atoms with van der Waals surface area (Å²) in [5.74, 6) is 0.155. The molecule has 0 bridgehead atoms. The molecule has 2 saturated heterocycles. The SMILES string of the molecule is CCN(CC)S(=O)(=O)c1ccc(S(=O)(=O)N2CCCC(C(=O)NC3CCN(c4nc(C(C)C)no4)C3)C2)cc1. The quantitative estimate of drug-likeness (QED) is 0.444. The molecule has 1 amide bonds. The van der Waals surface area contributed by atoms with Crippen molar-refractivity contribution in [2.45, 2.75) is 68.7 Å². The molecule has 14 heteroatoms. The minimum absolute atomic E-state index is 0.00816. The third kappa shape index (κ3) is 6.28. The molecule has 1 aromatic heterocycles. The van der Waals surface area contributed by atoms with E-state index in [0.29, 0.717) is 57.4 Å². The first-order valence-electron chi connectivity index (χ1n) is 13.5. The van der Waals surface area contributed by atoms with Gasteiger partial charge in [-0.05, 0) is 43.5 Å². The standard InChI is InChI=1S/C25H38N6O6S2/c1-5-30(6-2)38(33,34)21-9-11-22(12-10-21)39(35,36)31-14-7-8-19(16-31)24(32)26-20-13-15-29(17-20)25-27-23(18(3)4)28-37-25/h9-12,18-20H,5-8,13-17H2,1-4H3,(H,26,32). The van der Waals surface area contributed by atoms with E-state index in [9.17, 15) is 21.6 Å². The van der Waals surface area contributed by atoms with Crippen LogP contribution in [0.5, 0.6) is 0 Å². The minimum atomic E-state index is -3.89. The monoisotopic (exact) mass is 582 g/mol. The number of nitrogens with one attached hydrogen (secondary N) is 1. The lowest BCUT2D eigenvalue weighted by molar-refractivity contribution is -0.126. The number of hydrogen-bond acceptors (Lipinski definition) is 9. The van der Waals surface area contributed by atoms with Crippen molar-refractivity contribution in [1.29, 1.82) is 0 Å². The smallest absolute Gasteiger partial charge is 0.324 e. The summed E-state index contributed by atoms with van der Waals surface area (Å²) in [6.45, 7) is 9.73. The lowest BCUT2D eigenvalue weighted by atomic mass is 9.98. The number of anilines is 1. The van der Waals surface area contributed by atoms with E-state index < -0.39 is 26.0 Å². The average Bonchev–Trinajstić information content (AvgIpc) is 3.59. The predicted molar refractivity (Wildman–Crippen MR) is 145 cm³/mol. The summed E-state index contributed by atoms with van der Waals surface area (Å²) >= 11 is 0. The van der Waals surface area contributed by atoms with Gasteiger partial charge in [0.25, 0.3) is 0 Å². The number of piperidine rings is 1. The first-order chi connectivity index (χ1) is 18.5. The largest absolute Gasteiger partial charge is 0.351 e. The van der Waals surface area contributed by atoms with Crippen LogP contribution in [0.25, 0.3) is 0 Å². The highest BCUT2D eigenvalue weighted by Crippen LogP contribution is 2.27. The molecular weight excluding hydrogens is 544 g/mol. The number of rotatable bonds is 10. The Hall–Kier alpha value is -2.55. The van der Waals surface area contributed by atoms with Crippen LogP contribution in [-0.2, 0) is 24.8 Å². The number of nitrogens with zero attached hydrogens (tertiary/aromatic N) is 5. The molecular formula is C25H38N6O6S2. The van der Waals surface area contributed by atoms with Gasteiger partial charge in [0.1, 0.15) is 0 Å². The maximum absolute atomic E-state index is 13.4. The third-order valence-electron chi connectivity index (χ3n) is 7.31. The lowest BCUT2D eigenvalue weighted by Crippen LogP contribution is -2.48. The zero-order valence-corrected chi connectivity index (χ0v) is 24.5. The van der Waals surface area contributed by atoms with Gasteiger partial charge in [0, 0.05) is 51.2 Å². The van der Waals surface area contributed by atoms with E-state index in [4.69, 9.17) is 4.52 Å². The fraction of sp³-hybridized carbons (Fsp3) is 0.640. The molecule has 12 nitrogen and oxygen atoms in total. The number of aromatic nitrogens is 2. The van der Waals surface area contributed by atoms with Crippen LogP contribution in [0.3, 0.4) is 0 Å². The Morgan fingerprint density at radius 3 is 2.33 bits per heavy atom. The number of carbonyl (C=O) groups excluding carboxylic acids is 1. The van der Waals surface area contributed by atoms with Crippen molar-refractivity contribution < 1.29 is 26.2 Å². The molecule has 3 heterocycles. The van der Waals surface area contributed by atoms with Gasteiger partial charge in [0.15, 0.2) is 5.82 Å². The Kier molecular flexibility index (Phi) is 8.98. The van der Waals surface area contributed by atoms with Crippen LogP contribution in [0.15, 0.2) is 38.6 Å². The van der Waals surface area contributed by atoms with Crippen LogP contribution in [0.2, 0.25) is 0 Å².